The summed E-state index contributed by atoms with van der Waals surface area (Å²) in [5, 5.41) is 9.26. The highest BCUT2D eigenvalue weighted by atomic mass is 32.2. The summed E-state index contributed by atoms with van der Waals surface area (Å²) in [6.07, 6.45) is 1.43. The van der Waals surface area contributed by atoms with Crippen LogP contribution in [0.2, 0.25) is 0 Å². The maximum Gasteiger partial charge on any atom is 0.193 e. The minimum absolute atomic E-state index is 0.212. The Labute approximate surface area is 144 Å². The number of benzene rings is 1. The first-order chi connectivity index (χ1) is 11.1. The first-order valence-corrected chi connectivity index (χ1v) is 9.18. The van der Waals surface area contributed by atoms with Gasteiger partial charge in [-0.2, -0.15) is 5.26 Å². The molecule has 1 aromatic carbocycles. The Kier molecular flexibility index (Phi) is 4.73. The molecule has 0 N–H and O–H groups in total. The molecule has 0 bridgehead atoms. The van der Waals surface area contributed by atoms with Gasteiger partial charge in [-0.05, 0) is 70.5 Å². The Morgan fingerprint density at radius 2 is 1.54 bits per heavy atom. The van der Waals surface area contributed by atoms with Crippen molar-refractivity contribution < 1.29 is 8.42 Å². The minimum Gasteiger partial charge on any atom is -0.319 e. The summed E-state index contributed by atoms with van der Waals surface area (Å²) in [7, 11) is -3.66. The summed E-state index contributed by atoms with van der Waals surface area (Å²) in [5.41, 5.74) is 3.95. The zero-order chi connectivity index (χ0) is 18.1. The molecule has 2 aromatic rings. The van der Waals surface area contributed by atoms with Gasteiger partial charge in [0.1, 0.15) is 11.0 Å². The number of sulfone groups is 1. The molecule has 0 saturated heterocycles. The van der Waals surface area contributed by atoms with E-state index in [1.54, 1.807) is 20.8 Å². The first kappa shape index (κ1) is 18.0. The maximum absolute atomic E-state index is 12.4. The van der Waals surface area contributed by atoms with E-state index in [1.165, 1.54) is 6.08 Å². The molecule has 0 amide bonds. The molecular formula is C19H22N2O2S. The zero-order valence-corrected chi connectivity index (χ0v) is 15.5. The summed E-state index contributed by atoms with van der Waals surface area (Å²) in [6.45, 7) is 8.84. The monoisotopic (exact) mass is 342 g/mol. The van der Waals surface area contributed by atoms with E-state index in [0.717, 1.165) is 17.1 Å². The number of aryl methyl sites for hydroxylation is 2. The van der Waals surface area contributed by atoms with Crippen molar-refractivity contribution in [3.05, 3.63) is 58.3 Å². The number of aromatic nitrogens is 1. The Morgan fingerprint density at radius 3 is 1.96 bits per heavy atom. The van der Waals surface area contributed by atoms with E-state index in [0.29, 0.717) is 5.56 Å². The zero-order valence-electron chi connectivity index (χ0n) is 14.7. The van der Waals surface area contributed by atoms with E-state index in [9.17, 15) is 13.7 Å². The van der Waals surface area contributed by atoms with E-state index in [4.69, 9.17) is 0 Å². The van der Waals surface area contributed by atoms with Gasteiger partial charge in [-0.1, -0.05) is 12.1 Å². The van der Waals surface area contributed by atoms with Gasteiger partial charge < -0.3 is 4.57 Å². The second kappa shape index (κ2) is 6.29. The summed E-state index contributed by atoms with van der Waals surface area (Å²) in [6, 6.07) is 13.4. The molecule has 0 radical (unpaired) electrons. The van der Waals surface area contributed by atoms with Crippen LogP contribution in [0.1, 0.15) is 37.7 Å². The molecule has 0 aliphatic rings. The van der Waals surface area contributed by atoms with Crippen LogP contribution in [-0.4, -0.2) is 17.7 Å². The lowest BCUT2D eigenvalue weighted by atomic mass is 10.2. The van der Waals surface area contributed by atoms with Gasteiger partial charge in [0.05, 0.1) is 4.75 Å². The van der Waals surface area contributed by atoms with Crippen molar-refractivity contribution in [2.24, 2.45) is 0 Å². The molecule has 24 heavy (non-hydrogen) atoms. The second-order valence-corrected chi connectivity index (χ2v) is 9.45. The molecule has 126 valence electrons. The lowest BCUT2D eigenvalue weighted by Crippen LogP contribution is -2.28. The van der Waals surface area contributed by atoms with Gasteiger partial charge in [0.25, 0.3) is 0 Å². The molecule has 4 nitrogen and oxygen atoms in total. The van der Waals surface area contributed by atoms with Crippen molar-refractivity contribution in [3.8, 4) is 11.8 Å². The summed E-state index contributed by atoms with van der Waals surface area (Å²) < 4.78 is 26.0. The molecule has 0 aliphatic heterocycles. The van der Waals surface area contributed by atoms with Crippen LogP contribution in [0.3, 0.4) is 0 Å². The Hall–Kier alpha value is -2.32. The van der Waals surface area contributed by atoms with E-state index in [1.807, 2.05) is 56.3 Å². The molecule has 0 unspecified atom stereocenters. The summed E-state index contributed by atoms with van der Waals surface area (Å²) >= 11 is 0. The van der Waals surface area contributed by atoms with Gasteiger partial charge in [0, 0.05) is 17.1 Å². The normalized spacial score (nSPS) is 12.9. The molecule has 5 heteroatoms. The first-order valence-electron chi connectivity index (χ1n) is 7.70. The third kappa shape index (κ3) is 3.29. The molecule has 0 spiro atoms. The molecule has 0 aliphatic carbocycles. The van der Waals surface area contributed by atoms with Crippen LogP contribution in [0.15, 0.2) is 41.3 Å². The van der Waals surface area contributed by atoms with Crippen LogP contribution in [0.5, 0.6) is 0 Å². The maximum atomic E-state index is 12.4. The quantitative estimate of drug-likeness (QED) is 0.786. The number of hydrogen-bond donors (Lipinski definition) is 0. The smallest absolute Gasteiger partial charge is 0.193 e. The minimum atomic E-state index is -3.66. The van der Waals surface area contributed by atoms with Crippen LogP contribution in [0.4, 0.5) is 0 Å². The van der Waals surface area contributed by atoms with E-state index in [2.05, 4.69) is 4.57 Å². The third-order valence-electron chi connectivity index (χ3n) is 3.93. The predicted octanol–water partition coefficient (Wildman–Crippen LogP) is 4.17. The van der Waals surface area contributed by atoms with Crippen LogP contribution in [-0.2, 0) is 9.84 Å². The number of nitrogens with zero attached hydrogens (tertiary/aromatic N) is 2. The number of nitriles is 1. The Morgan fingerprint density at radius 1 is 1.04 bits per heavy atom. The molecule has 0 fully saturated rings. The fourth-order valence-corrected chi connectivity index (χ4v) is 3.52. The van der Waals surface area contributed by atoms with Crippen molar-refractivity contribution in [2.45, 2.75) is 39.4 Å². The van der Waals surface area contributed by atoms with Crippen molar-refractivity contribution >= 4 is 15.9 Å². The van der Waals surface area contributed by atoms with Gasteiger partial charge in [-0.3, -0.25) is 0 Å². The van der Waals surface area contributed by atoms with E-state index >= 15 is 0 Å². The highest BCUT2D eigenvalue weighted by molar-refractivity contribution is 7.97. The highest BCUT2D eigenvalue weighted by Gasteiger charge is 2.33. The van der Waals surface area contributed by atoms with Crippen molar-refractivity contribution in [1.29, 1.82) is 5.26 Å². The van der Waals surface area contributed by atoms with E-state index in [-0.39, 0.29) is 4.91 Å². The van der Waals surface area contributed by atoms with Crippen LogP contribution in [0.25, 0.3) is 11.8 Å². The van der Waals surface area contributed by atoms with Gasteiger partial charge in [0.15, 0.2) is 9.84 Å². The van der Waals surface area contributed by atoms with Gasteiger partial charge in [0.2, 0.25) is 0 Å². The van der Waals surface area contributed by atoms with Crippen molar-refractivity contribution in [1.82, 2.24) is 4.57 Å². The largest absolute Gasteiger partial charge is 0.319 e. The Bertz CT molecular complexity index is 900. The van der Waals surface area contributed by atoms with Gasteiger partial charge in [-0.15, -0.1) is 0 Å². The van der Waals surface area contributed by atoms with Gasteiger partial charge in [-0.25, -0.2) is 8.42 Å². The number of hydrogen-bond acceptors (Lipinski definition) is 3. The average Bonchev–Trinajstić information content (AvgIpc) is 2.83. The lowest BCUT2D eigenvalue weighted by molar-refractivity contribution is 0.568. The van der Waals surface area contributed by atoms with Crippen molar-refractivity contribution in [2.75, 3.05) is 0 Å². The number of allylic oxidation sites excluding steroid dienone is 1. The van der Waals surface area contributed by atoms with Crippen LogP contribution >= 0.6 is 0 Å². The summed E-state index contributed by atoms with van der Waals surface area (Å²) in [5.74, 6) is 0. The Balaban J connectivity index is 2.43. The second-order valence-electron chi connectivity index (χ2n) is 6.78. The standard InChI is InChI=1S/C19H22N2O2S/c1-14-6-7-15(2)21(14)17-10-8-16(9-11-17)12-18(13-20)24(22,23)19(3,4)5/h6-12H,1-5H3/b18-12-. The molecular weight excluding hydrogens is 320 g/mol. The average molecular weight is 342 g/mol. The lowest BCUT2D eigenvalue weighted by Gasteiger charge is -2.18. The molecule has 2 rings (SSSR count). The van der Waals surface area contributed by atoms with Crippen LogP contribution in [0, 0.1) is 25.2 Å². The summed E-state index contributed by atoms with van der Waals surface area (Å²) in [4.78, 5) is -0.212. The predicted molar refractivity (Wildman–Crippen MR) is 97.5 cm³/mol. The topological polar surface area (TPSA) is 62.9 Å². The molecule has 0 atom stereocenters. The molecule has 1 heterocycles. The number of rotatable bonds is 3. The molecule has 0 saturated carbocycles. The van der Waals surface area contributed by atoms with Crippen molar-refractivity contribution in [3.63, 3.8) is 0 Å². The van der Waals surface area contributed by atoms with E-state index < -0.39 is 14.6 Å². The van der Waals surface area contributed by atoms with Gasteiger partial charge >= 0.3 is 0 Å². The third-order valence-corrected chi connectivity index (χ3v) is 6.33. The SMILES string of the molecule is Cc1ccc(C)n1-c1ccc(/C=C(/C#N)S(=O)(=O)C(C)(C)C)cc1. The molecule has 1 aromatic heterocycles. The fraction of sp³-hybridized carbons (Fsp3) is 0.316. The van der Waals surface area contributed by atoms with Crippen LogP contribution < -0.4 is 0 Å². The fourth-order valence-electron chi connectivity index (χ4n) is 2.45. The highest BCUT2D eigenvalue weighted by Crippen LogP contribution is 2.25.